The number of nitrogens with zero attached hydrogens (tertiary/aromatic N) is 3. The zero-order chi connectivity index (χ0) is 12.3. The molecule has 2 rings (SSSR count). The van der Waals surface area contributed by atoms with Crippen LogP contribution in [0.15, 0.2) is 6.20 Å². The summed E-state index contributed by atoms with van der Waals surface area (Å²) in [6, 6.07) is 0. The van der Waals surface area contributed by atoms with Gasteiger partial charge in [0.1, 0.15) is 0 Å². The normalized spacial score (nSPS) is 17.7. The van der Waals surface area contributed by atoms with Crippen LogP contribution in [0.5, 0.6) is 0 Å². The van der Waals surface area contributed by atoms with Gasteiger partial charge in [-0.05, 0) is 5.92 Å². The third kappa shape index (κ3) is 3.26. The van der Waals surface area contributed by atoms with Gasteiger partial charge in [0, 0.05) is 32.7 Å². The summed E-state index contributed by atoms with van der Waals surface area (Å²) in [5.41, 5.74) is 0. The number of hydrogen-bond donors (Lipinski definition) is 0. The monoisotopic (exact) mass is 253 g/mol. The first-order valence-corrected chi connectivity index (χ1v) is 6.89. The molecule has 0 aliphatic carbocycles. The molecule has 1 aliphatic heterocycles. The van der Waals surface area contributed by atoms with E-state index in [-0.39, 0.29) is 0 Å². The highest BCUT2D eigenvalue weighted by Gasteiger charge is 2.19. The van der Waals surface area contributed by atoms with Crippen LogP contribution >= 0.6 is 11.3 Å². The van der Waals surface area contributed by atoms with E-state index in [0.29, 0.717) is 4.88 Å². The summed E-state index contributed by atoms with van der Waals surface area (Å²) >= 11 is 1.48. The Hall–Kier alpha value is -0.940. The molecule has 0 radical (unpaired) electrons. The minimum atomic E-state index is 0.713. The van der Waals surface area contributed by atoms with Crippen LogP contribution in [0.4, 0.5) is 5.13 Å². The molecule has 0 aromatic carbocycles. The molecule has 4 nitrogen and oxygen atoms in total. The Morgan fingerprint density at radius 1 is 1.41 bits per heavy atom. The summed E-state index contributed by atoms with van der Waals surface area (Å²) in [6.07, 6.45) is 2.53. The average Bonchev–Trinajstić information content (AvgIpc) is 2.78. The minimum absolute atomic E-state index is 0.713. The van der Waals surface area contributed by atoms with Crippen molar-refractivity contribution < 1.29 is 4.79 Å². The van der Waals surface area contributed by atoms with Gasteiger partial charge in [-0.1, -0.05) is 25.2 Å². The van der Waals surface area contributed by atoms with E-state index >= 15 is 0 Å². The number of piperazine rings is 1. The van der Waals surface area contributed by atoms with Crippen molar-refractivity contribution in [2.24, 2.45) is 5.92 Å². The first-order valence-electron chi connectivity index (χ1n) is 6.07. The second kappa shape index (κ2) is 5.60. The van der Waals surface area contributed by atoms with Gasteiger partial charge in [0.15, 0.2) is 11.4 Å². The van der Waals surface area contributed by atoms with Crippen molar-refractivity contribution in [2.75, 3.05) is 37.6 Å². The Morgan fingerprint density at radius 2 is 2.12 bits per heavy atom. The van der Waals surface area contributed by atoms with Gasteiger partial charge >= 0.3 is 0 Å². The van der Waals surface area contributed by atoms with Gasteiger partial charge in [0.05, 0.1) is 11.1 Å². The van der Waals surface area contributed by atoms with Crippen molar-refractivity contribution in [2.45, 2.75) is 13.8 Å². The Balaban J connectivity index is 1.88. The van der Waals surface area contributed by atoms with E-state index < -0.39 is 0 Å². The molecule has 1 aromatic rings. The molecule has 0 atom stereocenters. The number of hydrogen-bond acceptors (Lipinski definition) is 5. The lowest BCUT2D eigenvalue weighted by Crippen LogP contribution is -2.47. The maximum absolute atomic E-state index is 10.6. The predicted molar refractivity (Wildman–Crippen MR) is 71.0 cm³/mol. The minimum Gasteiger partial charge on any atom is -0.346 e. The molecule has 94 valence electrons. The first kappa shape index (κ1) is 12.5. The maximum atomic E-state index is 10.6. The fraction of sp³-hybridized carbons (Fsp3) is 0.667. The summed E-state index contributed by atoms with van der Waals surface area (Å²) in [5, 5.41) is 0.983. The lowest BCUT2D eigenvalue weighted by molar-refractivity contribution is 0.112. The molecule has 0 spiro atoms. The molecule has 0 bridgehead atoms. The van der Waals surface area contributed by atoms with Crippen LogP contribution in [-0.4, -0.2) is 48.9 Å². The van der Waals surface area contributed by atoms with E-state index in [4.69, 9.17) is 0 Å². The number of carbonyl (C=O) groups excluding carboxylic acids is 1. The number of aldehydes is 1. The molecule has 1 aliphatic rings. The van der Waals surface area contributed by atoms with Gasteiger partial charge in [0.2, 0.25) is 0 Å². The van der Waals surface area contributed by atoms with E-state index in [0.717, 1.165) is 43.5 Å². The van der Waals surface area contributed by atoms with Crippen molar-refractivity contribution in [1.29, 1.82) is 0 Å². The second-order valence-corrected chi connectivity index (χ2v) is 5.89. The molecule has 1 aromatic heterocycles. The highest BCUT2D eigenvalue weighted by Crippen LogP contribution is 2.22. The fourth-order valence-electron chi connectivity index (χ4n) is 2.12. The Bertz CT molecular complexity index is 370. The molecule has 0 unspecified atom stereocenters. The third-order valence-electron chi connectivity index (χ3n) is 2.89. The predicted octanol–water partition coefficient (Wildman–Crippen LogP) is 1.73. The summed E-state index contributed by atoms with van der Waals surface area (Å²) in [5.74, 6) is 0.725. The lowest BCUT2D eigenvalue weighted by Gasteiger charge is -2.35. The topological polar surface area (TPSA) is 36.4 Å². The van der Waals surface area contributed by atoms with Crippen LogP contribution in [0, 0.1) is 5.92 Å². The molecular weight excluding hydrogens is 234 g/mol. The van der Waals surface area contributed by atoms with Crippen LogP contribution in [0.2, 0.25) is 0 Å². The quantitative estimate of drug-likeness (QED) is 0.766. The van der Waals surface area contributed by atoms with Gasteiger partial charge in [-0.25, -0.2) is 4.98 Å². The molecule has 1 fully saturated rings. The molecule has 0 N–H and O–H groups in total. The fourth-order valence-corrected chi connectivity index (χ4v) is 2.90. The van der Waals surface area contributed by atoms with Gasteiger partial charge in [-0.3, -0.25) is 9.69 Å². The number of thiazole rings is 1. The number of anilines is 1. The van der Waals surface area contributed by atoms with E-state index in [9.17, 15) is 4.79 Å². The summed E-state index contributed by atoms with van der Waals surface area (Å²) < 4.78 is 0. The van der Waals surface area contributed by atoms with Gasteiger partial charge in [-0.15, -0.1) is 0 Å². The van der Waals surface area contributed by atoms with Crippen LogP contribution in [-0.2, 0) is 0 Å². The standard InChI is InChI=1S/C12H19N3OS/c1-10(2)8-14-3-5-15(6-4-14)12-13-7-11(9-16)17-12/h7,9-10H,3-6,8H2,1-2H3. The Labute approximate surface area is 106 Å². The number of carbonyl (C=O) groups is 1. The van der Waals surface area contributed by atoms with Crippen molar-refractivity contribution >= 4 is 22.8 Å². The van der Waals surface area contributed by atoms with Crippen molar-refractivity contribution in [3.8, 4) is 0 Å². The summed E-state index contributed by atoms with van der Waals surface area (Å²) in [4.78, 5) is 20.4. The molecule has 1 saturated heterocycles. The molecule has 17 heavy (non-hydrogen) atoms. The zero-order valence-electron chi connectivity index (χ0n) is 10.4. The zero-order valence-corrected chi connectivity index (χ0v) is 11.2. The lowest BCUT2D eigenvalue weighted by atomic mass is 10.2. The first-order chi connectivity index (χ1) is 8.19. The smallest absolute Gasteiger partial charge is 0.186 e. The van der Waals surface area contributed by atoms with E-state index in [1.807, 2.05) is 0 Å². The van der Waals surface area contributed by atoms with Crippen molar-refractivity contribution in [3.05, 3.63) is 11.1 Å². The Kier molecular flexibility index (Phi) is 4.12. The molecule has 2 heterocycles. The molecular formula is C12H19N3OS. The molecule has 0 amide bonds. The summed E-state index contributed by atoms with van der Waals surface area (Å²) in [6.45, 7) is 9.89. The SMILES string of the molecule is CC(C)CN1CCN(c2ncc(C=O)s2)CC1. The van der Waals surface area contributed by atoms with Gasteiger partial charge in [0.25, 0.3) is 0 Å². The van der Waals surface area contributed by atoms with Crippen LogP contribution in [0.1, 0.15) is 23.5 Å². The van der Waals surface area contributed by atoms with Crippen molar-refractivity contribution in [3.63, 3.8) is 0 Å². The van der Waals surface area contributed by atoms with Gasteiger partial charge < -0.3 is 4.90 Å². The van der Waals surface area contributed by atoms with E-state index in [2.05, 4.69) is 28.6 Å². The highest BCUT2D eigenvalue weighted by molar-refractivity contribution is 7.17. The van der Waals surface area contributed by atoms with Gasteiger partial charge in [-0.2, -0.15) is 0 Å². The van der Waals surface area contributed by atoms with E-state index in [1.54, 1.807) is 6.20 Å². The molecule has 0 saturated carbocycles. The third-order valence-corrected chi connectivity index (χ3v) is 3.88. The molecule has 5 heteroatoms. The van der Waals surface area contributed by atoms with Crippen LogP contribution in [0.25, 0.3) is 0 Å². The second-order valence-electron chi connectivity index (χ2n) is 4.84. The Morgan fingerprint density at radius 3 is 2.65 bits per heavy atom. The van der Waals surface area contributed by atoms with Crippen molar-refractivity contribution in [1.82, 2.24) is 9.88 Å². The maximum Gasteiger partial charge on any atom is 0.186 e. The largest absolute Gasteiger partial charge is 0.346 e. The van der Waals surface area contributed by atoms with E-state index in [1.165, 1.54) is 17.9 Å². The highest BCUT2D eigenvalue weighted by atomic mass is 32.1. The number of aromatic nitrogens is 1. The van der Waals surface area contributed by atoms with Crippen LogP contribution < -0.4 is 4.90 Å². The van der Waals surface area contributed by atoms with Crippen LogP contribution in [0.3, 0.4) is 0 Å². The summed E-state index contributed by atoms with van der Waals surface area (Å²) in [7, 11) is 0. The number of rotatable bonds is 4. The average molecular weight is 253 g/mol.